The number of aromatic carboxylic acids is 1. The minimum absolute atomic E-state index is 0.0757. The molecule has 3 aliphatic heterocycles. The Balaban J connectivity index is 0.922. The van der Waals surface area contributed by atoms with E-state index in [2.05, 4.69) is 25.5 Å². The third-order valence-corrected chi connectivity index (χ3v) is 10.4. The summed E-state index contributed by atoms with van der Waals surface area (Å²) in [7, 11) is 0. The maximum atomic E-state index is 13.2. The van der Waals surface area contributed by atoms with Gasteiger partial charge in [0, 0.05) is 31.0 Å². The van der Waals surface area contributed by atoms with Crippen LogP contribution in [-0.4, -0.2) is 81.1 Å². The van der Waals surface area contributed by atoms with Crippen LogP contribution in [0.15, 0.2) is 88.1 Å². The number of aromatic nitrogens is 2. The van der Waals surface area contributed by atoms with E-state index in [0.29, 0.717) is 48.4 Å². The number of carbonyl (C=O) groups excluding carboxylic acids is 1. The van der Waals surface area contributed by atoms with E-state index in [0.717, 1.165) is 43.6 Å². The quantitative estimate of drug-likeness (QED) is 0.0735. The van der Waals surface area contributed by atoms with Gasteiger partial charge in [0.15, 0.2) is 12.3 Å². The van der Waals surface area contributed by atoms with E-state index in [1.165, 1.54) is 12.1 Å². The molecule has 0 aliphatic carbocycles. The molecule has 288 valence electrons. The molecule has 8 rings (SSSR count). The number of benzene rings is 3. The highest BCUT2D eigenvalue weighted by Gasteiger charge is 2.37. The molecule has 55 heavy (non-hydrogen) atoms. The summed E-state index contributed by atoms with van der Waals surface area (Å²) < 4.78 is 17.8. The first-order chi connectivity index (χ1) is 26.7. The number of phenols is 1. The number of aromatic hydroxyl groups is 1. The molecule has 14 heteroatoms. The number of pyridine rings is 1. The summed E-state index contributed by atoms with van der Waals surface area (Å²) in [5.74, 6) is -0.0201. The number of amides is 1. The van der Waals surface area contributed by atoms with Crippen molar-refractivity contribution >= 4 is 23.0 Å². The van der Waals surface area contributed by atoms with E-state index in [4.69, 9.17) is 13.9 Å². The number of aromatic amines is 1. The zero-order chi connectivity index (χ0) is 38.3. The lowest BCUT2D eigenvalue weighted by molar-refractivity contribution is -0.0336. The lowest BCUT2D eigenvalue weighted by Gasteiger charge is -2.43. The van der Waals surface area contributed by atoms with E-state index in [9.17, 15) is 29.7 Å². The van der Waals surface area contributed by atoms with Crippen LogP contribution in [0.2, 0.25) is 0 Å². The third kappa shape index (κ3) is 9.16. The number of carboxylic acids is 1. The number of aryl methyl sites for hydroxylation is 1. The molecule has 3 fully saturated rings. The lowest BCUT2D eigenvalue weighted by Crippen LogP contribution is -2.52. The van der Waals surface area contributed by atoms with E-state index < -0.39 is 24.2 Å². The van der Waals surface area contributed by atoms with Crippen molar-refractivity contribution < 1.29 is 38.8 Å². The normalized spacial score (nSPS) is 18.8. The van der Waals surface area contributed by atoms with Crippen LogP contribution < -0.4 is 20.9 Å². The Kier molecular flexibility index (Phi) is 11.8. The highest BCUT2D eigenvalue weighted by atomic mass is 16.6. The number of rotatable bonds is 16. The van der Waals surface area contributed by atoms with E-state index in [1.54, 1.807) is 18.2 Å². The molecule has 3 saturated heterocycles. The number of aliphatic hydroxyl groups is 1. The first-order valence-electron chi connectivity index (χ1n) is 18.6. The Morgan fingerprint density at radius 1 is 1.00 bits per heavy atom. The number of carbonyl (C=O) groups is 2. The highest BCUT2D eigenvalue weighted by molar-refractivity contribution is 5.87. The van der Waals surface area contributed by atoms with Gasteiger partial charge in [-0.25, -0.2) is 14.6 Å². The smallest absolute Gasteiger partial charge is 0.408 e. The fraction of sp³-hybridized carbons (Fsp3) is 0.366. The Bertz CT molecular complexity index is 2160. The Morgan fingerprint density at radius 3 is 2.56 bits per heavy atom. The van der Waals surface area contributed by atoms with Crippen LogP contribution in [0.1, 0.15) is 76.7 Å². The van der Waals surface area contributed by atoms with Crippen molar-refractivity contribution in [3.05, 3.63) is 123 Å². The molecule has 1 amide bonds. The van der Waals surface area contributed by atoms with Gasteiger partial charge in [0.05, 0.1) is 17.7 Å². The monoisotopic (exact) mass is 751 g/mol. The predicted molar refractivity (Wildman–Crippen MR) is 202 cm³/mol. The van der Waals surface area contributed by atoms with Gasteiger partial charge < -0.3 is 44.8 Å². The number of hydrogen-bond acceptors (Lipinski definition) is 11. The van der Waals surface area contributed by atoms with Gasteiger partial charge in [0.2, 0.25) is 11.4 Å². The molecule has 5 aromatic rings. The average Bonchev–Trinajstić information content (AvgIpc) is 3.62. The van der Waals surface area contributed by atoms with Gasteiger partial charge in [-0.2, -0.15) is 0 Å². The molecule has 2 aromatic heterocycles. The first kappa shape index (κ1) is 37.6. The second-order valence-corrected chi connectivity index (χ2v) is 14.1. The summed E-state index contributed by atoms with van der Waals surface area (Å²) in [5.41, 5.74) is 1.98. The number of nitrogens with zero attached hydrogens (tertiary/aromatic N) is 2. The van der Waals surface area contributed by atoms with Crippen molar-refractivity contribution in [1.82, 2.24) is 25.5 Å². The topological polar surface area (TPSA) is 199 Å². The number of hydrogen-bond donors (Lipinski definition) is 6. The molecule has 0 radical (unpaired) electrons. The summed E-state index contributed by atoms with van der Waals surface area (Å²) in [5, 5.41) is 37.5. The van der Waals surface area contributed by atoms with Gasteiger partial charge in [-0.3, -0.25) is 9.69 Å². The molecule has 2 bridgehead atoms. The van der Waals surface area contributed by atoms with Crippen LogP contribution >= 0.6 is 0 Å². The third-order valence-electron chi connectivity index (χ3n) is 10.4. The lowest BCUT2D eigenvalue weighted by atomic mass is 9.86. The number of H-pyrrole nitrogens is 1. The van der Waals surface area contributed by atoms with E-state index >= 15 is 0 Å². The van der Waals surface area contributed by atoms with Gasteiger partial charge in [-0.05, 0) is 92.2 Å². The number of nitrogens with one attached hydrogen (secondary N) is 3. The van der Waals surface area contributed by atoms with Gasteiger partial charge in [-0.15, -0.1) is 0 Å². The Labute approximate surface area is 317 Å². The molecule has 14 nitrogen and oxygen atoms in total. The maximum Gasteiger partial charge on any atom is 0.408 e. The molecular weight excluding hydrogens is 706 g/mol. The van der Waals surface area contributed by atoms with Gasteiger partial charge in [0.25, 0.3) is 0 Å². The summed E-state index contributed by atoms with van der Waals surface area (Å²) >= 11 is 0. The molecule has 3 atom stereocenters. The van der Waals surface area contributed by atoms with Crippen LogP contribution in [0.5, 0.6) is 11.5 Å². The fourth-order valence-electron chi connectivity index (χ4n) is 7.50. The highest BCUT2D eigenvalue weighted by Crippen LogP contribution is 2.31. The van der Waals surface area contributed by atoms with Gasteiger partial charge >= 0.3 is 12.1 Å². The van der Waals surface area contributed by atoms with Crippen LogP contribution in [-0.2, 0) is 17.8 Å². The number of phenolic OH excluding ortho intramolecular Hbond substituents is 1. The fourth-order valence-corrected chi connectivity index (χ4v) is 7.50. The molecule has 1 unspecified atom stereocenters. The largest absolute Gasteiger partial charge is 0.506 e. The van der Waals surface area contributed by atoms with Crippen LogP contribution in [0, 0.1) is 5.92 Å². The van der Waals surface area contributed by atoms with E-state index in [-0.39, 0.29) is 53.4 Å². The molecular formula is C41H45N5O9. The molecule has 5 heterocycles. The summed E-state index contributed by atoms with van der Waals surface area (Å²) in [6, 6.07) is 22.4. The van der Waals surface area contributed by atoms with Crippen LogP contribution in [0.3, 0.4) is 0 Å². The zero-order valence-corrected chi connectivity index (χ0v) is 30.3. The number of aliphatic hydroxyl groups excluding tert-OH is 1. The van der Waals surface area contributed by atoms with Crippen LogP contribution in [0.25, 0.3) is 10.9 Å². The van der Waals surface area contributed by atoms with E-state index in [1.807, 2.05) is 48.5 Å². The number of oxazole rings is 1. The standard InChI is InChI=1S/C41H45N5O9/c47-31-14-12-29(30-13-15-35(49)43-38(30)31)32(48)22-42-18-5-4-11-33-39(40(50)51)44-36(54-33)24-53-28-10-6-9-27(21-28)37(26-7-2-1-3-8-26)45-41(52)55-34-23-46-19-16-25(34)17-20-46/h1-3,6-10,12-15,21,25,32,34,37,42,47-48H,4-5,11,16-20,22-24H2,(H,43,49)(H,45,52)(H,50,51)/t32-,34-,37?/m0/s1. The number of carboxylic acid groups (broad SMARTS) is 1. The van der Waals surface area contributed by atoms with Crippen molar-refractivity contribution in [2.45, 2.75) is 57.0 Å². The summed E-state index contributed by atoms with van der Waals surface area (Å²) in [4.78, 5) is 46.0. The summed E-state index contributed by atoms with van der Waals surface area (Å²) in [6.45, 7) is 3.54. The van der Waals surface area contributed by atoms with Crippen LogP contribution in [0.4, 0.5) is 4.79 Å². The molecule has 0 saturated carbocycles. The molecule has 3 aromatic carbocycles. The minimum atomic E-state index is -1.20. The van der Waals surface area contributed by atoms with Crippen molar-refractivity contribution in [3.63, 3.8) is 0 Å². The zero-order valence-electron chi connectivity index (χ0n) is 30.3. The molecule has 6 N–H and O–H groups in total. The number of ether oxygens (including phenoxy) is 2. The SMILES string of the molecule is O=C(NC(c1ccccc1)c1cccc(OCc2nc(C(=O)O)c(CCCCNC[C@H](O)c3ccc(O)c4[nH]c(=O)ccc34)o2)c1)O[C@H]1CN2CCC1CC2. The number of alkyl carbamates (subject to hydrolysis) is 1. The van der Waals surface area contributed by atoms with Gasteiger partial charge in [-0.1, -0.05) is 48.5 Å². The van der Waals surface area contributed by atoms with Crippen molar-refractivity contribution in [1.29, 1.82) is 0 Å². The minimum Gasteiger partial charge on any atom is -0.506 e. The Morgan fingerprint density at radius 2 is 1.80 bits per heavy atom. The first-order valence-corrected chi connectivity index (χ1v) is 18.6. The average molecular weight is 752 g/mol. The number of piperidine rings is 3. The number of unbranched alkanes of at least 4 members (excludes halogenated alkanes) is 1. The number of fused-ring (bicyclic) bond motifs is 4. The summed E-state index contributed by atoms with van der Waals surface area (Å²) in [6.07, 6.45) is 2.20. The second-order valence-electron chi connectivity index (χ2n) is 14.1. The van der Waals surface area contributed by atoms with Crippen molar-refractivity contribution in [2.24, 2.45) is 5.92 Å². The molecule has 0 spiro atoms. The van der Waals surface area contributed by atoms with Crippen molar-refractivity contribution in [2.75, 3.05) is 32.7 Å². The predicted octanol–water partition coefficient (Wildman–Crippen LogP) is 5.05. The van der Waals surface area contributed by atoms with Crippen molar-refractivity contribution in [3.8, 4) is 11.5 Å². The van der Waals surface area contributed by atoms with Gasteiger partial charge in [0.1, 0.15) is 23.4 Å². The second kappa shape index (κ2) is 17.2. The maximum absolute atomic E-state index is 13.2. The Hall–Kier alpha value is -5.70. The molecule has 3 aliphatic rings.